The zero-order valence-corrected chi connectivity index (χ0v) is 12.2. The Morgan fingerprint density at radius 3 is 2.73 bits per heavy atom. The molecule has 4 nitrogen and oxygen atoms in total. The van der Waals surface area contributed by atoms with Crippen LogP contribution in [0, 0.1) is 5.82 Å². The fourth-order valence-corrected chi connectivity index (χ4v) is 2.85. The summed E-state index contributed by atoms with van der Waals surface area (Å²) in [6.45, 7) is 3.09. The molecule has 2 aromatic carbocycles. The molecule has 1 aromatic heterocycles. The van der Waals surface area contributed by atoms with E-state index in [1.54, 1.807) is 12.1 Å². The number of hydrogen-bond donors (Lipinski definition) is 0. The summed E-state index contributed by atoms with van der Waals surface area (Å²) in [5.41, 5.74) is 2.98. The molecule has 0 unspecified atom stereocenters. The van der Waals surface area contributed by atoms with Gasteiger partial charge in [0.25, 0.3) is 0 Å². The lowest BCUT2D eigenvalue weighted by Crippen LogP contribution is -2.26. The highest BCUT2D eigenvalue weighted by molar-refractivity contribution is 5.76. The lowest BCUT2D eigenvalue weighted by Gasteiger charge is -2.23. The van der Waals surface area contributed by atoms with E-state index in [4.69, 9.17) is 4.74 Å². The average molecular weight is 297 g/mol. The number of aromatic nitrogens is 2. The second kappa shape index (κ2) is 5.10. The third-order valence-electron chi connectivity index (χ3n) is 4.03. The number of anilines is 1. The molecule has 0 radical (unpaired) electrons. The first-order valence-electron chi connectivity index (χ1n) is 7.29. The summed E-state index contributed by atoms with van der Waals surface area (Å²) in [6.07, 6.45) is -0.0853. The van der Waals surface area contributed by atoms with Crippen molar-refractivity contribution >= 4 is 16.7 Å². The van der Waals surface area contributed by atoms with Crippen molar-refractivity contribution in [1.82, 2.24) is 9.55 Å². The minimum absolute atomic E-state index is 0.0853. The van der Waals surface area contributed by atoms with Gasteiger partial charge in [0.05, 0.1) is 17.7 Å². The minimum atomic E-state index is -0.235. The van der Waals surface area contributed by atoms with Crippen LogP contribution in [-0.4, -0.2) is 16.3 Å². The van der Waals surface area contributed by atoms with E-state index in [0.29, 0.717) is 13.4 Å². The van der Waals surface area contributed by atoms with Crippen LogP contribution in [0.4, 0.5) is 10.1 Å². The highest BCUT2D eigenvalue weighted by Gasteiger charge is 2.23. The first-order chi connectivity index (χ1) is 10.7. The lowest BCUT2D eigenvalue weighted by molar-refractivity contribution is 0.0677. The van der Waals surface area contributed by atoms with Crippen molar-refractivity contribution in [2.45, 2.75) is 19.7 Å². The van der Waals surface area contributed by atoms with Crippen LogP contribution in [-0.2, 0) is 11.4 Å². The normalized spacial score (nSPS) is 18.3. The monoisotopic (exact) mass is 297 g/mol. The van der Waals surface area contributed by atoms with Gasteiger partial charge in [0.15, 0.2) is 0 Å². The van der Waals surface area contributed by atoms with Crippen LogP contribution < -0.4 is 4.90 Å². The molecule has 0 saturated carbocycles. The Bertz CT molecular complexity index is 812. The number of benzene rings is 2. The van der Waals surface area contributed by atoms with Crippen molar-refractivity contribution in [2.24, 2.45) is 0 Å². The van der Waals surface area contributed by atoms with Crippen molar-refractivity contribution < 1.29 is 9.13 Å². The minimum Gasteiger partial charge on any atom is -0.350 e. The Balaban J connectivity index is 1.79. The number of para-hydroxylation sites is 2. The van der Waals surface area contributed by atoms with Gasteiger partial charge in [0.2, 0.25) is 0 Å². The zero-order chi connectivity index (χ0) is 15.1. The predicted octanol–water partition coefficient (Wildman–Crippen LogP) is 3.69. The molecule has 112 valence electrons. The molecule has 0 bridgehead atoms. The quantitative estimate of drug-likeness (QED) is 0.686. The number of imidazole rings is 1. The van der Waals surface area contributed by atoms with Crippen LogP contribution in [0.25, 0.3) is 11.0 Å². The molecule has 3 aromatic rings. The lowest BCUT2D eigenvalue weighted by atomic mass is 10.3. The van der Waals surface area contributed by atoms with E-state index in [0.717, 1.165) is 22.5 Å². The largest absolute Gasteiger partial charge is 0.350 e. The molecule has 1 atom stereocenters. The number of ether oxygens (including phenoxy) is 1. The van der Waals surface area contributed by atoms with E-state index < -0.39 is 0 Å². The van der Waals surface area contributed by atoms with Gasteiger partial charge >= 0.3 is 0 Å². The zero-order valence-electron chi connectivity index (χ0n) is 12.2. The summed E-state index contributed by atoms with van der Waals surface area (Å²) >= 11 is 0. The number of fused-ring (bicyclic) bond motifs is 3. The Kier molecular flexibility index (Phi) is 3.08. The summed E-state index contributed by atoms with van der Waals surface area (Å²) in [6, 6.07) is 14.5. The second-order valence-electron chi connectivity index (χ2n) is 5.48. The van der Waals surface area contributed by atoms with Crippen molar-refractivity contribution in [3.8, 4) is 0 Å². The van der Waals surface area contributed by atoms with E-state index in [1.807, 2.05) is 25.1 Å². The Labute approximate surface area is 127 Å². The molecule has 22 heavy (non-hydrogen) atoms. The maximum Gasteiger partial charge on any atom is 0.140 e. The van der Waals surface area contributed by atoms with E-state index in [2.05, 4.69) is 20.5 Å². The number of halogens is 1. The maximum atomic E-state index is 13.1. The summed E-state index contributed by atoms with van der Waals surface area (Å²) in [5, 5.41) is 0. The van der Waals surface area contributed by atoms with Gasteiger partial charge < -0.3 is 14.2 Å². The third-order valence-corrected chi connectivity index (χ3v) is 4.03. The molecule has 0 N–H and O–H groups in total. The first kappa shape index (κ1) is 13.3. The van der Waals surface area contributed by atoms with E-state index >= 15 is 0 Å². The third kappa shape index (κ3) is 2.14. The van der Waals surface area contributed by atoms with Gasteiger partial charge in [-0.1, -0.05) is 12.1 Å². The van der Waals surface area contributed by atoms with Gasteiger partial charge in [-0.2, -0.15) is 0 Å². The van der Waals surface area contributed by atoms with Crippen LogP contribution in [0.1, 0.15) is 18.9 Å². The van der Waals surface area contributed by atoms with Crippen LogP contribution in [0.5, 0.6) is 0 Å². The molecule has 0 fully saturated rings. The predicted molar refractivity (Wildman–Crippen MR) is 83.0 cm³/mol. The fraction of sp³-hybridized carbons (Fsp3) is 0.235. The molecule has 0 saturated heterocycles. The fourth-order valence-electron chi connectivity index (χ4n) is 2.85. The standard InChI is InChI=1S/C17H16FN3O/c1-12-17-19-15-4-2-3-5-16(15)21(17)10-20(11-22-12)14-8-6-13(18)7-9-14/h2-9,12H,10-11H2,1H3/t12-/m0/s1. The van der Waals surface area contributed by atoms with Gasteiger partial charge in [-0.3, -0.25) is 0 Å². The molecular weight excluding hydrogens is 281 g/mol. The van der Waals surface area contributed by atoms with Crippen LogP contribution in [0.15, 0.2) is 48.5 Å². The molecule has 2 heterocycles. The number of nitrogens with zero attached hydrogens (tertiary/aromatic N) is 3. The number of rotatable bonds is 1. The van der Waals surface area contributed by atoms with Crippen LogP contribution >= 0.6 is 0 Å². The molecule has 1 aliphatic rings. The molecule has 0 spiro atoms. The number of hydrogen-bond acceptors (Lipinski definition) is 3. The molecular formula is C17H16FN3O. The second-order valence-corrected chi connectivity index (χ2v) is 5.48. The topological polar surface area (TPSA) is 30.3 Å². The SMILES string of the molecule is C[C@@H]1OCN(c2ccc(F)cc2)Cn2c1nc1ccccc12. The van der Waals surface area contributed by atoms with Crippen molar-refractivity contribution in [3.05, 3.63) is 60.2 Å². The molecule has 1 aliphatic heterocycles. The Hall–Kier alpha value is -2.40. The van der Waals surface area contributed by atoms with Crippen molar-refractivity contribution in [2.75, 3.05) is 11.6 Å². The first-order valence-corrected chi connectivity index (χ1v) is 7.29. The highest BCUT2D eigenvalue weighted by atomic mass is 19.1. The Morgan fingerprint density at radius 1 is 1.14 bits per heavy atom. The van der Waals surface area contributed by atoms with Crippen LogP contribution in [0.3, 0.4) is 0 Å². The smallest absolute Gasteiger partial charge is 0.140 e. The summed E-state index contributed by atoms with van der Waals surface area (Å²) in [7, 11) is 0. The molecule has 0 aliphatic carbocycles. The summed E-state index contributed by atoms with van der Waals surface area (Å²) in [4.78, 5) is 6.76. The molecule has 5 heteroatoms. The highest BCUT2D eigenvalue weighted by Crippen LogP contribution is 2.28. The van der Waals surface area contributed by atoms with Crippen LogP contribution in [0.2, 0.25) is 0 Å². The molecule has 4 rings (SSSR count). The van der Waals surface area contributed by atoms with Gasteiger partial charge in [-0.05, 0) is 43.3 Å². The molecule has 0 amide bonds. The van der Waals surface area contributed by atoms with Crippen molar-refractivity contribution in [3.63, 3.8) is 0 Å². The van der Waals surface area contributed by atoms with E-state index in [1.165, 1.54) is 12.1 Å². The maximum absolute atomic E-state index is 13.1. The average Bonchev–Trinajstić information content (AvgIpc) is 2.82. The summed E-state index contributed by atoms with van der Waals surface area (Å²) < 4.78 is 21.2. The van der Waals surface area contributed by atoms with Gasteiger partial charge in [-0.15, -0.1) is 0 Å². The van der Waals surface area contributed by atoms with Gasteiger partial charge in [0, 0.05) is 5.69 Å². The van der Waals surface area contributed by atoms with E-state index in [-0.39, 0.29) is 11.9 Å². The van der Waals surface area contributed by atoms with Crippen molar-refractivity contribution in [1.29, 1.82) is 0 Å². The summed E-state index contributed by atoms with van der Waals surface area (Å²) in [5.74, 6) is 0.687. The Morgan fingerprint density at radius 2 is 1.91 bits per heavy atom. The van der Waals surface area contributed by atoms with Gasteiger partial charge in [0.1, 0.15) is 24.5 Å². The van der Waals surface area contributed by atoms with E-state index in [9.17, 15) is 4.39 Å². The van der Waals surface area contributed by atoms with Gasteiger partial charge in [-0.25, -0.2) is 9.37 Å².